The van der Waals surface area contributed by atoms with Crippen LogP contribution in [0.4, 0.5) is 0 Å². The van der Waals surface area contributed by atoms with Gasteiger partial charge < -0.3 is 5.11 Å². The monoisotopic (exact) mass is 368 g/mol. The third-order valence-electron chi connectivity index (χ3n) is 5.48. The standard InChI is InChI=1S/C24H48O2/c1-3-5-7-9-11-13-15-17-19-21-23(25)24(26)22-20-18-16-14-12-10-8-6-4-2/h23,25H,3-22H2,1-2H3/t23-/m1/s1. The fraction of sp³-hybridized carbons (Fsp3) is 0.958. The Labute approximate surface area is 164 Å². The van der Waals surface area contributed by atoms with Crippen LogP contribution in [0.5, 0.6) is 0 Å². The first-order chi connectivity index (χ1) is 12.7. The van der Waals surface area contributed by atoms with Gasteiger partial charge in [0, 0.05) is 6.42 Å². The Kier molecular flexibility index (Phi) is 20.6. The number of ketones is 1. The molecule has 0 aromatic heterocycles. The summed E-state index contributed by atoms with van der Waals surface area (Å²) in [5.74, 6) is 0.0764. The molecule has 0 saturated carbocycles. The maximum absolute atomic E-state index is 12.0. The second-order valence-electron chi connectivity index (χ2n) is 8.18. The van der Waals surface area contributed by atoms with Gasteiger partial charge in [0.15, 0.2) is 5.78 Å². The summed E-state index contributed by atoms with van der Waals surface area (Å²) in [6, 6.07) is 0. The summed E-state index contributed by atoms with van der Waals surface area (Å²) in [6.07, 6.45) is 23.5. The van der Waals surface area contributed by atoms with E-state index in [1.807, 2.05) is 0 Å². The van der Waals surface area contributed by atoms with E-state index in [-0.39, 0.29) is 5.78 Å². The molecule has 1 N–H and O–H groups in total. The highest BCUT2D eigenvalue weighted by Crippen LogP contribution is 2.14. The minimum Gasteiger partial charge on any atom is -0.385 e. The molecule has 0 aromatic carbocycles. The minimum absolute atomic E-state index is 0.0764. The fourth-order valence-electron chi connectivity index (χ4n) is 3.59. The molecule has 0 aliphatic carbocycles. The molecule has 0 heterocycles. The number of Topliss-reactive ketones (excluding diaryl/α,β-unsaturated/α-hetero) is 1. The average Bonchev–Trinajstić information content (AvgIpc) is 2.65. The summed E-state index contributed by atoms with van der Waals surface area (Å²) < 4.78 is 0. The van der Waals surface area contributed by atoms with Crippen molar-refractivity contribution in [1.29, 1.82) is 0 Å². The molecule has 0 aliphatic rings. The zero-order chi connectivity index (χ0) is 19.3. The van der Waals surface area contributed by atoms with E-state index in [1.54, 1.807) is 0 Å². The van der Waals surface area contributed by atoms with Gasteiger partial charge in [-0.1, -0.05) is 123 Å². The molecule has 156 valence electrons. The van der Waals surface area contributed by atoms with Crippen molar-refractivity contribution in [2.75, 3.05) is 0 Å². The maximum atomic E-state index is 12.0. The Morgan fingerprint density at radius 1 is 0.577 bits per heavy atom. The van der Waals surface area contributed by atoms with Gasteiger partial charge in [-0.3, -0.25) is 4.79 Å². The molecule has 0 saturated heterocycles. The van der Waals surface area contributed by atoms with Crippen molar-refractivity contribution in [2.24, 2.45) is 0 Å². The molecule has 0 amide bonds. The molecule has 1 atom stereocenters. The van der Waals surface area contributed by atoms with E-state index in [0.717, 1.165) is 25.7 Å². The molecule has 0 spiro atoms. The van der Waals surface area contributed by atoms with E-state index in [1.165, 1.54) is 89.9 Å². The zero-order valence-electron chi connectivity index (χ0n) is 18.1. The van der Waals surface area contributed by atoms with Crippen molar-refractivity contribution < 1.29 is 9.90 Å². The molecule has 0 aliphatic heterocycles. The molecule has 0 bridgehead atoms. The molecule has 0 unspecified atom stereocenters. The first kappa shape index (κ1) is 25.6. The van der Waals surface area contributed by atoms with Crippen LogP contribution >= 0.6 is 0 Å². The van der Waals surface area contributed by atoms with Crippen LogP contribution in [-0.2, 0) is 4.79 Å². The summed E-state index contributed by atoms with van der Waals surface area (Å²) in [5, 5.41) is 9.99. The summed E-state index contributed by atoms with van der Waals surface area (Å²) in [4.78, 5) is 12.0. The molecular formula is C24H48O2. The van der Waals surface area contributed by atoms with Gasteiger partial charge in [0.05, 0.1) is 0 Å². The van der Waals surface area contributed by atoms with Crippen LogP contribution in [0.1, 0.15) is 142 Å². The first-order valence-electron chi connectivity index (χ1n) is 11.9. The van der Waals surface area contributed by atoms with Crippen LogP contribution in [0.25, 0.3) is 0 Å². The second-order valence-corrected chi connectivity index (χ2v) is 8.18. The predicted octanol–water partition coefficient (Wildman–Crippen LogP) is 7.76. The third kappa shape index (κ3) is 18.4. The average molecular weight is 369 g/mol. The van der Waals surface area contributed by atoms with Gasteiger partial charge in [-0.05, 0) is 12.8 Å². The van der Waals surface area contributed by atoms with Gasteiger partial charge in [0.1, 0.15) is 6.10 Å². The highest BCUT2D eigenvalue weighted by atomic mass is 16.3. The smallest absolute Gasteiger partial charge is 0.161 e. The summed E-state index contributed by atoms with van der Waals surface area (Å²) >= 11 is 0. The Balaban J connectivity index is 3.33. The molecule has 26 heavy (non-hydrogen) atoms. The first-order valence-corrected chi connectivity index (χ1v) is 11.9. The van der Waals surface area contributed by atoms with Crippen molar-refractivity contribution in [1.82, 2.24) is 0 Å². The number of hydrogen-bond acceptors (Lipinski definition) is 2. The van der Waals surface area contributed by atoms with Crippen LogP contribution in [0.2, 0.25) is 0 Å². The number of aliphatic hydroxyl groups is 1. The fourth-order valence-corrected chi connectivity index (χ4v) is 3.59. The normalized spacial score (nSPS) is 12.4. The predicted molar refractivity (Wildman–Crippen MR) is 115 cm³/mol. The third-order valence-corrected chi connectivity index (χ3v) is 5.48. The summed E-state index contributed by atoms with van der Waals surface area (Å²) in [7, 11) is 0. The van der Waals surface area contributed by atoms with Gasteiger partial charge >= 0.3 is 0 Å². The lowest BCUT2D eigenvalue weighted by atomic mass is 10.0. The largest absolute Gasteiger partial charge is 0.385 e. The number of rotatable bonds is 21. The number of unbranched alkanes of at least 4 members (excludes halogenated alkanes) is 16. The van der Waals surface area contributed by atoms with Crippen molar-refractivity contribution >= 4 is 5.78 Å². The van der Waals surface area contributed by atoms with Crippen LogP contribution < -0.4 is 0 Å². The lowest BCUT2D eigenvalue weighted by Crippen LogP contribution is -2.19. The van der Waals surface area contributed by atoms with Crippen LogP contribution in [0.3, 0.4) is 0 Å². The Morgan fingerprint density at radius 2 is 0.923 bits per heavy atom. The van der Waals surface area contributed by atoms with Crippen LogP contribution in [-0.4, -0.2) is 17.0 Å². The molecule has 0 fully saturated rings. The van der Waals surface area contributed by atoms with Gasteiger partial charge in [0.2, 0.25) is 0 Å². The summed E-state index contributed by atoms with van der Waals surface area (Å²) in [5.41, 5.74) is 0. The lowest BCUT2D eigenvalue weighted by Gasteiger charge is -2.09. The van der Waals surface area contributed by atoms with E-state index in [2.05, 4.69) is 13.8 Å². The SMILES string of the molecule is CCCCCCCCCCCC(=O)[C@H](O)CCCCCCCCCCC. The van der Waals surface area contributed by atoms with Gasteiger partial charge in [-0.25, -0.2) is 0 Å². The number of carbonyl (C=O) groups excluding carboxylic acids is 1. The Morgan fingerprint density at radius 3 is 1.35 bits per heavy atom. The number of carbonyl (C=O) groups is 1. The Hall–Kier alpha value is -0.370. The maximum Gasteiger partial charge on any atom is 0.161 e. The summed E-state index contributed by atoms with van der Waals surface area (Å²) in [6.45, 7) is 4.50. The highest BCUT2D eigenvalue weighted by molar-refractivity contribution is 5.82. The van der Waals surface area contributed by atoms with E-state index in [4.69, 9.17) is 0 Å². The van der Waals surface area contributed by atoms with Gasteiger partial charge in [-0.15, -0.1) is 0 Å². The molecule has 0 aromatic rings. The van der Waals surface area contributed by atoms with E-state index in [9.17, 15) is 9.90 Å². The zero-order valence-corrected chi connectivity index (χ0v) is 18.1. The van der Waals surface area contributed by atoms with E-state index in [0.29, 0.717) is 12.8 Å². The van der Waals surface area contributed by atoms with E-state index < -0.39 is 6.10 Å². The Bertz CT molecular complexity index is 288. The van der Waals surface area contributed by atoms with E-state index >= 15 is 0 Å². The van der Waals surface area contributed by atoms with Crippen molar-refractivity contribution in [3.05, 3.63) is 0 Å². The molecule has 2 nitrogen and oxygen atoms in total. The van der Waals surface area contributed by atoms with Crippen molar-refractivity contribution in [2.45, 2.75) is 148 Å². The number of aliphatic hydroxyl groups excluding tert-OH is 1. The van der Waals surface area contributed by atoms with Gasteiger partial charge in [0.25, 0.3) is 0 Å². The quantitative estimate of drug-likeness (QED) is 0.210. The molecule has 0 rings (SSSR count). The van der Waals surface area contributed by atoms with Crippen molar-refractivity contribution in [3.8, 4) is 0 Å². The molecular weight excluding hydrogens is 320 g/mol. The van der Waals surface area contributed by atoms with Crippen LogP contribution in [0.15, 0.2) is 0 Å². The topological polar surface area (TPSA) is 37.3 Å². The molecule has 0 radical (unpaired) electrons. The molecule has 2 heteroatoms. The van der Waals surface area contributed by atoms with Crippen LogP contribution in [0, 0.1) is 0 Å². The van der Waals surface area contributed by atoms with Gasteiger partial charge in [-0.2, -0.15) is 0 Å². The highest BCUT2D eigenvalue weighted by Gasteiger charge is 2.13. The number of hydrogen-bond donors (Lipinski definition) is 1. The lowest BCUT2D eigenvalue weighted by molar-refractivity contribution is -0.127. The van der Waals surface area contributed by atoms with Crippen molar-refractivity contribution in [3.63, 3.8) is 0 Å². The minimum atomic E-state index is -0.700. The second kappa shape index (κ2) is 20.9.